The minimum atomic E-state index is -1.41. The molecule has 104 valence electrons. The predicted octanol–water partition coefficient (Wildman–Crippen LogP) is 4.96. The van der Waals surface area contributed by atoms with Crippen LogP contribution in [0.4, 0.5) is 0 Å². The number of allylic oxidation sites excluding steroid dienone is 1. The fraction of sp³-hybridized carbons (Fsp3) is 0.263. The summed E-state index contributed by atoms with van der Waals surface area (Å²) in [5.41, 5.74) is 1.45. The van der Waals surface area contributed by atoms with Crippen LogP contribution in [0.3, 0.4) is 0 Å². The molecule has 0 saturated heterocycles. The van der Waals surface area contributed by atoms with E-state index in [9.17, 15) is 0 Å². The Balaban J connectivity index is 2.22. The van der Waals surface area contributed by atoms with E-state index in [1.54, 1.807) is 5.19 Å². The molecule has 0 N–H and O–H groups in total. The molecule has 1 atom stereocenters. The Labute approximate surface area is 124 Å². The SMILES string of the molecule is C=CCC(C[Si](C)(C)c1ccccc1)c1ccccc1. The lowest BCUT2D eigenvalue weighted by atomic mass is 9.98. The maximum absolute atomic E-state index is 3.94. The molecule has 0 fully saturated rings. The van der Waals surface area contributed by atoms with Crippen molar-refractivity contribution in [3.8, 4) is 0 Å². The van der Waals surface area contributed by atoms with E-state index in [0.717, 1.165) is 6.42 Å². The normalized spacial score (nSPS) is 12.9. The van der Waals surface area contributed by atoms with Crippen LogP contribution in [0.15, 0.2) is 73.3 Å². The van der Waals surface area contributed by atoms with E-state index in [4.69, 9.17) is 0 Å². The third-order valence-electron chi connectivity index (χ3n) is 4.03. The van der Waals surface area contributed by atoms with Crippen molar-refractivity contribution < 1.29 is 0 Å². The average Bonchev–Trinajstić information content (AvgIpc) is 2.48. The molecule has 0 radical (unpaired) electrons. The molecule has 0 aliphatic rings. The second kappa shape index (κ2) is 6.71. The van der Waals surface area contributed by atoms with Crippen molar-refractivity contribution in [2.45, 2.75) is 31.5 Å². The van der Waals surface area contributed by atoms with Crippen molar-refractivity contribution in [3.63, 3.8) is 0 Å². The Hall–Kier alpha value is -1.60. The fourth-order valence-electron chi connectivity index (χ4n) is 2.89. The molecule has 0 spiro atoms. The fourth-order valence-corrected chi connectivity index (χ4v) is 5.85. The molecule has 0 aromatic heterocycles. The van der Waals surface area contributed by atoms with Crippen LogP contribution in [0, 0.1) is 0 Å². The predicted molar refractivity (Wildman–Crippen MR) is 92.4 cm³/mol. The summed E-state index contributed by atoms with van der Waals surface area (Å²) in [5, 5.41) is 1.55. The molecule has 1 heteroatoms. The van der Waals surface area contributed by atoms with Gasteiger partial charge in [0.25, 0.3) is 0 Å². The van der Waals surface area contributed by atoms with Gasteiger partial charge in [0.1, 0.15) is 0 Å². The number of rotatable bonds is 6. The second-order valence-corrected chi connectivity index (χ2v) is 10.8. The van der Waals surface area contributed by atoms with E-state index in [-0.39, 0.29) is 0 Å². The zero-order valence-corrected chi connectivity index (χ0v) is 13.5. The minimum absolute atomic E-state index is 0.593. The van der Waals surface area contributed by atoms with Gasteiger partial charge in [-0.2, -0.15) is 0 Å². The molecular weight excluding hydrogens is 256 g/mol. The van der Waals surface area contributed by atoms with Gasteiger partial charge in [-0.1, -0.05) is 85.0 Å². The smallest absolute Gasteiger partial charge is 0.0812 e. The maximum Gasteiger partial charge on any atom is 0.0812 e. The summed E-state index contributed by atoms with van der Waals surface area (Å²) in [4.78, 5) is 0. The highest BCUT2D eigenvalue weighted by molar-refractivity contribution is 6.89. The van der Waals surface area contributed by atoms with Gasteiger partial charge in [-0.05, 0) is 23.9 Å². The standard InChI is InChI=1S/C19H24Si/c1-4-11-18(17-12-7-5-8-13-17)16-20(2,3)19-14-9-6-10-15-19/h4-10,12-15,18H,1,11,16H2,2-3H3. The minimum Gasteiger partial charge on any atom is -0.103 e. The highest BCUT2D eigenvalue weighted by atomic mass is 28.3. The van der Waals surface area contributed by atoms with Crippen molar-refractivity contribution in [3.05, 3.63) is 78.9 Å². The van der Waals surface area contributed by atoms with Gasteiger partial charge < -0.3 is 0 Å². The van der Waals surface area contributed by atoms with Gasteiger partial charge >= 0.3 is 0 Å². The van der Waals surface area contributed by atoms with Crippen molar-refractivity contribution >= 4 is 13.3 Å². The molecule has 0 amide bonds. The molecule has 0 aliphatic heterocycles. The lowest BCUT2D eigenvalue weighted by Crippen LogP contribution is -2.42. The lowest BCUT2D eigenvalue weighted by molar-refractivity contribution is 0.768. The van der Waals surface area contributed by atoms with Crippen LogP contribution < -0.4 is 5.19 Å². The molecule has 2 aromatic rings. The molecule has 2 rings (SSSR count). The molecular formula is C19H24Si. The Kier molecular flexibility index (Phi) is 4.97. The third-order valence-corrected chi connectivity index (χ3v) is 7.44. The van der Waals surface area contributed by atoms with Gasteiger partial charge in [0, 0.05) is 0 Å². The van der Waals surface area contributed by atoms with Gasteiger partial charge in [-0.25, -0.2) is 0 Å². The molecule has 0 bridgehead atoms. The van der Waals surface area contributed by atoms with E-state index in [1.807, 2.05) is 0 Å². The largest absolute Gasteiger partial charge is 0.103 e. The first-order valence-corrected chi connectivity index (χ1v) is 10.6. The number of hydrogen-bond acceptors (Lipinski definition) is 0. The van der Waals surface area contributed by atoms with Crippen LogP contribution in [0.2, 0.25) is 19.1 Å². The molecule has 0 nitrogen and oxygen atoms in total. The van der Waals surface area contributed by atoms with Crippen LogP contribution in [-0.4, -0.2) is 8.07 Å². The van der Waals surface area contributed by atoms with Crippen LogP contribution >= 0.6 is 0 Å². The molecule has 1 unspecified atom stereocenters. The summed E-state index contributed by atoms with van der Waals surface area (Å²) >= 11 is 0. The van der Waals surface area contributed by atoms with Crippen LogP contribution in [0.1, 0.15) is 17.9 Å². The van der Waals surface area contributed by atoms with Gasteiger partial charge in [-0.15, -0.1) is 6.58 Å². The first-order valence-electron chi connectivity index (χ1n) is 7.35. The first-order chi connectivity index (χ1) is 9.63. The van der Waals surface area contributed by atoms with Crippen molar-refractivity contribution in [2.24, 2.45) is 0 Å². The van der Waals surface area contributed by atoms with Gasteiger partial charge in [-0.3, -0.25) is 0 Å². The monoisotopic (exact) mass is 280 g/mol. The maximum atomic E-state index is 3.94. The van der Waals surface area contributed by atoms with Crippen molar-refractivity contribution in [2.75, 3.05) is 0 Å². The molecule has 20 heavy (non-hydrogen) atoms. The molecule has 2 aromatic carbocycles. The Morgan fingerprint density at radius 3 is 2.05 bits per heavy atom. The van der Waals surface area contributed by atoms with Crippen LogP contribution in [0.25, 0.3) is 0 Å². The number of benzene rings is 2. The Morgan fingerprint density at radius 1 is 0.950 bits per heavy atom. The van der Waals surface area contributed by atoms with E-state index >= 15 is 0 Å². The summed E-state index contributed by atoms with van der Waals surface area (Å²) in [6.45, 7) is 8.89. The van der Waals surface area contributed by atoms with E-state index < -0.39 is 8.07 Å². The summed E-state index contributed by atoms with van der Waals surface area (Å²) in [6.07, 6.45) is 3.13. The quantitative estimate of drug-likeness (QED) is 0.518. The average molecular weight is 280 g/mol. The van der Waals surface area contributed by atoms with Gasteiger partial charge in [0.15, 0.2) is 0 Å². The van der Waals surface area contributed by atoms with Crippen LogP contribution in [0.5, 0.6) is 0 Å². The lowest BCUT2D eigenvalue weighted by Gasteiger charge is -2.28. The van der Waals surface area contributed by atoms with Gasteiger partial charge in [0.2, 0.25) is 0 Å². The van der Waals surface area contributed by atoms with Gasteiger partial charge in [0.05, 0.1) is 8.07 Å². The van der Waals surface area contributed by atoms with E-state index in [1.165, 1.54) is 11.6 Å². The zero-order valence-electron chi connectivity index (χ0n) is 12.5. The first kappa shape index (κ1) is 14.8. The molecule has 0 saturated carbocycles. The van der Waals surface area contributed by atoms with E-state index in [2.05, 4.69) is 86.4 Å². The number of hydrogen-bond donors (Lipinski definition) is 0. The Bertz CT molecular complexity index is 528. The summed E-state index contributed by atoms with van der Waals surface area (Å²) in [7, 11) is -1.41. The molecule has 0 aliphatic carbocycles. The third kappa shape index (κ3) is 3.70. The van der Waals surface area contributed by atoms with Crippen molar-refractivity contribution in [1.29, 1.82) is 0 Å². The zero-order chi connectivity index (χ0) is 14.4. The Morgan fingerprint density at radius 2 is 1.50 bits per heavy atom. The summed E-state index contributed by atoms with van der Waals surface area (Å²) < 4.78 is 0. The second-order valence-electron chi connectivity index (χ2n) is 6.09. The van der Waals surface area contributed by atoms with E-state index in [0.29, 0.717) is 5.92 Å². The summed E-state index contributed by atoms with van der Waals surface area (Å²) in [6, 6.07) is 23.2. The highest BCUT2D eigenvalue weighted by Crippen LogP contribution is 2.29. The highest BCUT2D eigenvalue weighted by Gasteiger charge is 2.27. The topological polar surface area (TPSA) is 0 Å². The van der Waals surface area contributed by atoms with Crippen LogP contribution in [-0.2, 0) is 0 Å². The molecule has 0 heterocycles. The summed E-state index contributed by atoms with van der Waals surface area (Å²) in [5.74, 6) is 0.593. The van der Waals surface area contributed by atoms with Crippen molar-refractivity contribution in [1.82, 2.24) is 0 Å².